The summed E-state index contributed by atoms with van der Waals surface area (Å²) < 4.78 is 10.8. The predicted octanol–water partition coefficient (Wildman–Crippen LogP) is 2.92. The summed E-state index contributed by atoms with van der Waals surface area (Å²) in [5, 5.41) is 9.69. The Kier molecular flexibility index (Phi) is 6.66. The molecule has 3 heteroatoms. The third-order valence-electron chi connectivity index (χ3n) is 2.21. The van der Waals surface area contributed by atoms with E-state index >= 15 is 0 Å². The summed E-state index contributed by atoms with van der Waals surface area (Å²) >= 11 is 0. The summed E-state index contributed by atoms with van der Waals surface area (Å²) in [7, 11) is 0. The number of aliphatic hydroxyl groups is 1. The van der Waals surface area contributed by atoms with E-state index in [0.717, 1.165) is 11.5 Å². The van der Waals surface area contributed by atoms with Crippen molar-refractivity contribution >= 4 is 0 Å². The Labute approximate surface area is 108 Å². The van der Waals surface area contributed by atoms with Crippen LogP contribution >= 0.6 is 0 Å². The monoisotopic (exact) mass is 248 g/mol. The van der Waals surface area contributed by atoms with E-state index in [0.29, 0.717) is 0 Å². The molecule has 0 amide bonds. The summed E-state index contributed by atoms with van der Waals surface area (Å²) in [5.74, 6) is 1.52. The van der Waals surface area contributed by atoms with Gasteiger partial charge in [0.05, 0.1) is 5.76 Å². The van der Waals surface area contributed by atoms with Crippen molar-refractivity contribution in [2.45, 2.75) is 20.0 Å². The number of ether oxygens (including phenoxy) is 2. The SMILES string of the molecule is C/C=C\C=C(/C)OCC(O)COc1ccccc1. The van der Waals surface area contributed by atoms with Crippen LogP contribution in [0.2, 0.25) is 0 Å². The van der Waals surface area contributed by atoms with Gasteiger partial charge in [-0.2, -0.15) is 0 Å². The molecule has 0 saturated carbocycles. The molecule has 0 heterocycles. The summed E-state index contributed by atoms with van der Waals surface area (Å²) in [6, 6.07) is 9.40. The van der Waals surface area contributed by atoms with Crippen molar-refractivity contribution < 1.29 is 14.6 Å². The van der Waals surface area contributed by atoms with Gasteiger partial charge in [-0.3, -0.25) is 0 Å². The Bertz CT molecular complexity index is 382. The van der Waals surface area contributed by atoms with E-state index in [4.69, 9.17) is 9.47 Å². The zero-order chi connectivity index (χ0) is 13.2. The smallest absolute Gasteiger partial charge is 0.122 e. The molecule has 1 atom stereocenters. The van der Waals surface area contributed by atoms with Gasteiger partial charge in [0, 0.05) is 0 Å². The summed E-state index contributed by atoms with van der Waals surface area (Å²) in [6.45, 7) is 4.24. The summed E-state index contributed by atoms with van der Waals surface area (Å²) in [6.07, 6.45) is 5.02. The Morgan fingerprint density at radius 1 is 1.28 bits per heavy atom. The highest BCUT2D eigenvalue weighted by molar-refractivity contribution is 5.20. The number of para-hydroxylation sites is 1. The quantitative estimate of drug-likeness (QED) is 0.595. The fourth-order valence-electron chi connectivity index (χ4n) is 1.26. The van der Waals surface area contributed by atoms with E-state index in [2.05, 4.69) is 0 Å². The van der Waals surface area contributed by atoms with Gasteiger partial charge in [0.1, 0.15) is 25.1 Å². The van der Waals surface area contributed by atoms with E-state index in [1.54, 1.807) is 0 Å². The molecule has 1 rings (SSSR count). The standard InChI is InChI=1S/C15H20O3/c1-3-4-8-13(2)17-11-14(16)12-18-15-9-6-5-7-10-15/h3-10,14,16H,11-12H2,1-2H3/b4-3-,13-8+. The minimum Gasteiger partial charge on any atom is -0.495 e. The topological polar surface area (TPSA) is 38.7 Å². The lowest BCUT2D eigenvalue weighted by molar-refractivity contribution is 0.0381. The average molecular weight is 248 g/mol. The Hall–Kier alpha value is -1.74. The number of rotatable bonds is 7. The molecule has 0 radical (unpaired) electrons. The molecule has 1 aromatic carbocycles. The van der Waals surface area contributed by atoms with Crippen molar-refractivity contribution in [3.8, 4) is 5.75 Å². The van der Waals surface area contributed by atoms with Crippen LogP contribution in [0.5, 0.6) is 5.75 Å². The fraction of sp³-hybridized carbons (Fsp3) is 0.333. The molecule has 0 aliphatic carbocycles. The molecule has 1 N–H and O–H groups in total. The number of hydrogen-bond donors (Lipinski definition) is 1. The maximum absolute atomic E-state index is 9.69. The van der Waals surface area contributed by atoms with Crippen LogP contribution < -0.4 is 4.74 Å². The van der Waals surface area contributed by atoms with E-state index in [9.17, 15) is 5.11 Å². The zero-order valence-corrected chi connectivity index (χ0v) is 10.9. The molecule has 1 aromatic rings. The van der Waals surface area contributed by atoms with Gasteiger partial charge in [-0.05, 0) is 32.1 Å². The normalized spacial score (nSPS) is 13.6. The van der Waals surface area contributed by atoms with E-state index in [1.165, 1.54) is 0 Å². The predicted molar refractivity (Wildman–Crippen MR) is 72.5 cm³/mol. The third kappa shape index (κ3) is 6.11. The van der Waals surface area contributed by atoms with Crippen LogP contribution in [0.1, 0.15) is 13.8 Å². The van der Waals surface area contributed by atoms with Gasteiger partial charge in [0.15, 0.2) is 0 Å². The Morgan fingerprint density at radius 2 is 2.00 bits per heavy atom. The molecule has 0 aliphatic rings. The van der Waals surface area contributed by atoms with Crippen LogP contribution in [0.3, 0.4) is 0 Å². The highest BCUT2D eigenvalue weighted by Gasteiger charge is 2.05. The van der Waals surface area contributed by atoms with Crippen molar-refractivity contribution in [2.75, 3.05) is 13.2 Å². The summed E-state index contributed by atoms with van der Waals surface area (Å²) in [4.78, 5) is 0. The maximum atomic E-state index is 9.69. The van der Waals surface area contributed by atoms with Crippen LogP contribution in [0, 0.1) is 0 Å². The van der Waals surface area contributed by atoms with Crippen LogP contribution in [0.25, 0.3) is 0 Å². The molecule has 0 bridgehead atoms. The number of benzene rings is 1. The van der Waals surface area contributed by atoms with E-state index in [1.807, 2.05) is 62.4 Å². The van der Waals surface area contributed by atoms with Crippen molar-refractivity contribution in [1.82, 2.24) is 0 Å². The largest absolute Gasteiger partial charge is 0.495 e. The highest BCUT2D eigenvalue weighted by atomic mass is 16.5. The van der Waals surface area contributed by atoms with Gasteiger partial charge in [0.2, 0.25) is 0 Å². The first-order chi connectivity index (χ1) is 8.72. The van der Waals surface area contributed by atoms with Gasteiger partial charge in [-0.1, -0.05) is 30.4 Å². The second-order valence-electron chi connectivity index (χ2n) is 3.89. The first kappa shape index (κ1) is 14.3. The number of hydrogen-bond acceptors (Lipinski definition) is 3. The minimum absolute atomic E-state index is 0.223. The first-order valence-electron chi connectivity index (χ1n) is 6.00. The molecule has 18 heavy (non-hydrogen) atoms. The minimum atomic E-state index is -0.640. The van der Waals surface area contributed by atoms with E-state index < -0.39 is 6.10 Å². The molecule has 3 nitrogen and oxygen atoms in total. The van der Waals surface area contributed by atoms with Crippen molar-refractivity contribution in [2.24, 2.45) is 0 Å². The van der Waals surface area contributed by atoms with Crippen LogP contribution in [0.15, 0.2) is 54.3 Å². The summed E-state index contributed by atoms with van der Waals surface area (Å²) in [5.41, 5.74) is 0. The molecule has 0 aromatic heterocycles. The zero-order valence-electron chi connectivity index (χ0n) is 10.9. The molecule has 1 unspecified atom stereocenters. The molecule has 0 fully saturated rings. The second kappa shape index (κ2) is 8.37. The van der Waals surface area contributed by atoms with Gasteiger partial charge in [0.25, 0.3) is 0 Å². The lowest BCUT2D eigenvalue weighted by Gasteiger charge is -2.13. The third-order valence-corrected chi connectivity index (χ3v) is 2.21. The van der Waals surface area contributed by atoms with Gasteiger partial charge < -0.3 is 14.6 Å². The second-order valence-corrected chi connectivity index (χ2v) is 3.89. The molecule has 98 valence electrons. The van der Waals surface area contributed by atoms with Crippen molar-refractivity contribution in [3.05, 3.63) is 54.3 Å². The average Bonchev–Trinajstić information content (AvgIpc) is 2.41. The Morgan fingerprint density at radius 3 is 2.67 bits per heavy atom. The maximum Gasteiger partial charge on any atom is 0.122 e. The molecule has 0 saturated heterocycles. The number of allylic oxidation sites excluding steroid dienone is 4. The van der Waals surface area contributed by atoms with Crippen molar-refractivity contribution in [3.63, 3.8) is 0 Å². The molecule has 0 spiro atoms. The Balaban J connectivity index is 2.24. The van der Waals surface area contributed by atoms with E-state index in [-0.39, 0.29) is 13.2 Å². The number of aliphatic hydroxyl groups excluding tert-OH is 1. The molecule has 0 aliphatic heterocycles. The van der Waals surface area contributed by atoms with Crippen LogP contribution in [-0.2, 0) is 4.74 Å². The van der Waals surface area contributed by atoms with Crippen molar-refractivity contribution in [1.29, 1.82) is 0 Å². The van der Waals surface area contributed by atoms with Gasteiger partial charge in [-0.15, -0.1) is 0 Å². The molecular weight excluding hydrogens is 228 g/mol. The van der Waals surface area contributed by atoms with Gasteiger partial charge in [-0.25, -0.2) is 0 Å². The lowest BCUT2D eigenvalue weighted by atomic mass is 10.3. The van der Waals surface area contributed by atoms with Crippen LogP contribution in [0.4, 0.5) is 0 Å². The highest BCUT2D eigenvalue weighted by Crippen LogP contribution is 2.08. The molecular formula is C15H20O3. The van der Waals surface area contributed by atoms with Gasteiger partial charge >= 0.3 is 0 Å². The van der Waals surface area contributed by atoms with Crippen LogP contribution in [-0.4, -0.2) is 24.4 Å². The fourth-order valence-corrected chi connectivity index (χ4v) is 1.26. The first-order valence-corrected chi connectivity index (χ1v) is 6.00. The lowest BCUT2D eigenvalue weighted by Crippen LogP contribution is -2.23.